The second-order valence-corrected chi connectivity index (χ2v) is 12.4. The van der Waals surface area contributed by atoms with E-state index in [0.717, 1.165) is 50.2 Å². The van der Waals surface area contributed by atoms with Crippen molar-refractivity contribution in [1.29, 1.82) is 0 Å². The number of nitrogens with zero attached hydrogens (tertiary/aromatic N) is 4. The molecule has 192 valence electrons. The zero-order valence-corrected chi connectivity index (χ0v) is 21.0. The molecule has 0 unspecified atom stereocenters. The summed E-state index contributed by atoms with van der Waals surface area (Å²) in [6, 6.07) is 3.18. The van der Waals surface area contributed by atoms with Crippen LogP contribution in [0.25, 0.3) is 10.9 Å². The van der Waals surface area contributed by atoms with Crippen molar-refractivity contribution in [3.05, 3.63) is 29.5 Å². The van der Waals surface area contributed by atoms with Crippen molar-refractivity contribution in [3.63, 3.8) is 0 Å². The molecule has 3 aliphatic rings. The average molecular weight is 510 g/mol. The Balaban J connectivity index is 1.32. The summed E-state index contributed by atoms with van der Waals surface area (Å²) in [6.07, 6.45) is 3.60. The predicted octanol–water partition coefficient (Wildman–Crippen LogP) is 3.23. The van der Waals surface area contributed by atoms with Crippen molar-refractivity contribution in [2.24, 2.45) is 5.41 Å². The molecule has 8 nitrogen and oxygen atoms in total. The highest BCUT2D eigenvalue weighted by Gasteiger charge is 2.52. The Morgan fingerprint density at radius 2 is 1.94 bits per heavy atom. The summed E-state index contributed by atoms with van der Waals surface area (Å²) in [5, 5.41) is 3.97. The highest BCUT2D eigenvalue weighted by Crippen LogP contribution is 2.57. The number of aromatic nitrogens is 2. The second kappa shape index (κ2) is 9.49. The molecule has 0 bridgehead atoms. The summed E-state index contributed by atoms with van der Waals surface area (Å²) in [6.45, 7) is 4.64. The minimum absolute atomic E-state index is 0.0150. The Morgan fingerprint density at radius 1 is 1.23 bits per heavy atom. The molecule has 11 heteroatoms. The van der Waals surface area contributed by atoms with Gasteiger partial charge in [-0.2, -0.15) is 0 Å². The molecule has 35 heavy (non-hydrogen) atoms. The molecule has 1 aromatic carbocycles. The van der Waals surface area contributed by atoms with Gasteiger partial charge in [0.15, 0.2) is 0 Å². The van der Waals surface area contributed by atoms with Crippen LogP contribution in [0, 0.1) is 5.41 Å². The number of anilines is 1. The number of nitrogens with one attached hydrogen (secondary N) is 1. The molecule has 0 amide bonds. The Kier molecular flexibility index (Phi) is 6.71. The Hall–Kier alpha value is -1.95. The molecule has 1 spiro atoms. The van der Waals surface area contributed by atoms with E-state index in [1.54, 1.807) is 19.4 Å². The molecule has 2 aromatic rings. The number of likely N-dealkylation sites (tertiary alicyclic amines) is 1. The topological polar surface area (TPSA) is 87.7 Å². The average Bonchev–Trinajstić information content (AvgIpc) is 2.76. The van der Waals surface area contributed by atoms with E-state index in [-0.39, 0.29) is 22.9 Å². The lowest BCUT2D eigenvalue weighted by molar-refractivity contribution is -0.0792. The number of rotatable bonds is 8. The van der Waals surface area contributed by atoms with Crippen molar-refractivity contribution in [2.45, 2.75) is 44.1 Å². The van der Waals surface area contributed by atoms with Gasteiger partial charge >= 0.3 is 0 Å². The van der Waals surface area contributed by atoms with Crippen LogP contribution in [0.5, 0.6) is 0 Å². The van der Waals surface area contributed by atoms with Gasteiger partial charge in [0.1, 0.15) is 0 Å². The molecule has 0 atom stereocenters. The van der Waals surface area contributed by atoms with Gasteiger partial charge in [-0.15, -0.1) is 0 Å². The van der Waals surface area contributed by atoms with Crippen LogP contribution in [0.15, 0.2) is 18.3 Å². The first-order valence-corrected chi connectivity index (χ1v) is 14.0. The fourth-order valence-electron chi connectivity index (χ4n) is 5.96. The number of alkyl halides is 2. The van der Waals surface area contributed by atoms with Crippen LogP contribution in [-0.2, 0) is 14.8 Å². The van der Waals surface area contributed by atoms with E-state index in [0.29, 0.717) is 37.3 Å². The van der Waals surface area contributed by atoms with Crippen molar-refractivity contribution in [3.8, 4) is 0 Å². The van der Waals surface area contributed by atoms with Crippen LogP contribution in [0.2, 0.25) is 0 Å². The van der Waals surface area contributed by atoms with Crippen molar-refractivity contribution < 1.29 is 21.9 Å². The number of halogens is 2. The maximum absolute atomic E-state index is 13.6. The molecular formula is C24H33F2N5O3S. The maximum atomic E-state index is 13.6. The lowest BCUT2D eigenvalue weighted by atomic mass is 9.56. The summed E-state index contributed by atoms with van der Waals surface area (Å²) >= 11 is 0. The first-order chi connectivity index (χ1) is 16.7. The number of sulfonamides is 1. The van der Waals surface area contributed by atoms with Crippen LogP contribution in [0.1, 0.15) is 49.2 Å². The van der Waals surface area contributed by atoms with E-state index < -0.39 is 16.4 Å². The summed E-state index contributed by atoms with van der Waals surface area (Å²) in [5.74, 6) is 0.672. The summed E-state index contributed by atoms with van der Waals surface area (Å²) < 4.78 is 57.5. The van der Waals surface area contributed by atoms with E-state index in [2.05, 4.69) is 15.2 Å². The number of hydrogen-bond acceptors (Lipinski definition) is 7. The zero-order chi connectivity index (χ0) is 24.8. The third-order valence-electron chi connectivity index (χ3n) is 7.77. The maximum Gasteiger partial charge on any atom is 0.263 e. The fourth-order valence-corrected chi connectivity index (χ4v) is 6.84. The molecule has 5 rings (SSSR count). The van der Waals surface area contributed by atoms with Gasteiger partial charge in [-0.3, -0.25) is 4.90 Å². The van der Waals surface area contributed by atoms with Gasteiger partial charge in [-0.05, 0) is 54.7 Å². The number of benzene rings is 1. The molecule has 1 N–H and O–H groups in total. The first kappa shape index (κ1) is 24.7. The van der Waals surface area contributed by atoms with E-state index >= 15 is 0 Å². The minimum Gasteiger partial charge on any atom is -0.383 e. The largest absolute Gasteiger partial charge is 0.383 e. The van der Waals surface area contributed by atoms with E-state index in [4.69, 9.17) is 9.72 Å². The van der Waals surface area contributed by atoms with Crippen LogP contribution in [0.3, 0.4) is 0 Å². The SMILES string of the molecule is COCCN1CC2(CC(c3cc(C(F)F)cc4cnc(NC5CCN(S(C)(=O)=O)CC5)nc34)C2)C1. The summed E-state index contributed by atoms with van der Waals surface area (Å²) in [4.78, 5) is 11.5. The minimum atomic E-state index is -3.19. The Morgan fingerprint density at radius 3 is 2.57 bits per heavy atom. The van der Waals surface area contributed by atoms with Crippen molar-refractivity contribution in [1.82, 2.24) is 19.2 Å². The molecule has 0 radical (unpaired) electrons. The zero-order valence-electron chi connectivity index (χ0n) is 20.2. The van der Waals surface area contributed by atoms with Crippen molar-refractivity contribution >= 4 is 26.9 Å². The third kappa shape index (κ3) is 5.14. The van der Waals surface area contributed by atoms with Gasteiger partial charge in [-0.25, -0.2) is 31.5 Å². The van der Waals surface area contributed by atoms with Gasteiger partial charge in [0.25, 0.3) is 6.43 Å². The van der Waals surface area contributed by atoms with Gasteiger partial charge in [0.2, 0.25) is 16.0 Å². The number of fused-ring (bicyclic) bond motifs is 1. The van der Waals surface area contributed by atoms with Gasteiger partial charge in [0, 0.05) is 63.0 Å². The number of ether oxygens (including phenoxy) is 1. The number of piperidine rings is 1. The molecule has 2 saturated heterocycles. The number of hydrogen-bond donors (Lipinski definition) is 1. The summed E-state index contributed by atoms with van der Waals surface area (Å²) in [7, 11) is -1.48. The molecule has 3 heterocycles. The molecular weight excluding hydrogens is 476 g/mol. The Bertz CT molecular complexity index is 1170. The Labute approximate surface area is 205 Å². The summed E-state index contributed by atoms with van der Waals surface area (Å²) in [5.41, 5.74) is 1.92. The standard InChI is InChI=1S/C24H33F2N5O3S/c1-34-8-7-30-14-24(15-30)11-18(12-24)20-10-16(22(25)26)9-17-13-27-23(29-21(17)20)28-19-3-5-31(6-4-19)35(2,32)33/h9-10,13,18-19,22H,3-8,11-12,14-15H2,1-2H3,(H,27,28,29). The van der Waals surface area contributed by atoms with Gasteiger partial charge < -0.3 is 10.1 Å². The molecule has 1 aromatic heterocycles. The van der Waals surface area contributed by atoms with Crippen LogP contribution < -0.4 is 5.32 Å². The fraction of sp³-hybridized carbons (Fsp3) is 0.667. The van der Waals surface area contributed by atoms with E-state index in [9.17, 15) is 17.2 Å². The number of methoxy groups -OCH3 is 1. The van der Waals surface area contributed by atoms with Crippen LogP contribution in [-0.4, -0.2) is 86.3 Å². The van der Waals surface area contributed by atoms with Crippen molar-refractivity contribution in [2.75, 3.05) is 58.0 Å². The van der Waals surface area contributed by atoms with Crippen LogP contribution in [0.4, 0.5) is 14.7 Å². The monoisotopic (exact) mass is 509 g/mol. The van der Waals surface area contributed by atoms with Gasteiger partial charge in [-0.1, -0.05) is 0 Å². The lowest BCUT2D eigenvalue weighted by Gasteiger charge is -2.59. The smallest absolute Gasteiger partial charge is 0.263 e. The molecule has 3 fully saturated rings. The normalized spacial score (nSPS) is 22.0. The predicted molar refractivity (Wildman–Crippen MR) is 130 cm³/mol. The highest BCUT2D eigenvalue weighted by atomic mass is 32.2. The first-order valence-electron chi connectivity index (χ1n) is 12.2. The van der Waals surface area contributed by atoms with E-state index in [1.807, 2.05) is 0 Å². The third-order valence-corrected chi connectivity index (χ3v) is 9.07. The molecule has 1 aliphatic carbocycles. The molecule has 1 saturated carbocycles. The van der Waals surface area contributed by atoms with Gasteiger partial charge in [0.05, 0.1) is 18.4 Å². The second-order valence-electron chi connectivity index (χ2n) is 10.4. The van der Waals surface area contributed by atoms with Crippen LogP contribution >= 0.6 is 0 Å². The van der Waals surface area contributed by atoms with E-state index in [1.165, 1.54) is 16.6 Å². The molecule has 2 aliphatic heterocycles. The lowest BCUT2D eigenvalue weighted by Crippen LogP contribution is -2.62. The quantitative estimate of drug-likeness (QED) is 0.585. The highest BCUT2D eigenvalue weighted by molar-refractivity contribution is 7.88.